The van der Waals surface area contributed by atoms with Crippen LogP contribution in [0.4, 0.5) is 9.59 Å². The van der Waals surface area contributed by atoms with Crippen LogP contribution in [0.3, 0.4) is 0 Å². The number of ether oxygens (including phenoxy) is 1. The van der Waals surface area contributed by atoms with Crippen molar-refractivity contribution in [2.75, 3.05) is 19.6 Å². The van der Waals surface area contributed by atoms with Gasteiger partial charge in [0.1, 0.15) is 25.2 Å². The Labute approximate surface area is 182 Å². The summed E-state index contributed by atoms with van der Waals surface area (Å²) in [5.74, 6) is -3.22. The van der Waals surface area contributed by atoms with Crippen LogP contribution >= 0.6 is 0 Å². The topological polar surface area (TPSA) is 219 Å². The molecule has 1 unspecified atom stereocenters. The van der Waals surface area contributed by atoms with Crippen molar-refractivity contribution in [2.24, 2.45) is 16.5 Å². The summed E-state index contributed by atoms with van der Waals surface area (Å²) in [4.78, 5) is 63.7. The smallest absolute Gasteiger partial charge is 0.408 e. The Kier molecular flexibility index (Phi) is 8.33. The molecule has 1 aliphatic rings. The number of amides is 5. The molecule has 0 aromatic heterocycles. The van der Waals surface area contributed by atoms with E-state index in [1.54, 1.807) is 30.3 Å². The second-order valence-corrected chi connectivity index (χ2v) is 6.59. The van der Waals surface area contributed by atoms with E-state index in [1.165, 1.54) is 0 Å². The quantitative estimate of drug-likeness (QED) is 0.128. The second-order valence-electron chi connectivity index (χ2n) is 6.59. The average Bonchev–Trinajstić information content (AvgIpc) is 3.01. The summed E-state index contributed by atoms with van der Waals surface area (Å²) in [6, 6.07) is 5.39. The molecule has 0 bridgehead atoms. The van der Waals surface area contributed by atoms with E-state index in [9.17, 15) is 29.1 Å². The van der Waals surface area contributed by atoms with Crippen LogP contribution in [0.25, 0.3) is 0 Å². The van der Waals surface area contributed by atoms with Gasteiger partial charge in [-0.3, -0.25) is 19.5 Å². The van der Waals surface area contributed by atoms with Gasteiger partial charge >= 0.3 is 18.1 Å². The zero-order valence-electron chi connectivity index (χ0n) is 16.8. The lowest BCUT2D eigenvalue weighted by Gasteiger charge is -2.17. The molecule has 172 valence electrons. The minimum absolute atomic E-state index is 0.0709. The number of rotatable bonds is 10. The third-order valence-corrected chi connectivity index (χ3v) is 4.17. The molecule has 14 nitrogen and oxygen atoms in total. The van der Waals surface area contributed by atoms with E-state index in [2.05, 4.69) is 20.9 Å². The third kappa shape index (κ3) is 7.16. The summed E-state index contributed by atoms with van der Waals surface area (Å²) < 4.78 is 4.94. The highest BCUT2D eigenvalue weighted by atomic mass is 16.5. The molecule has 1 aromatic carbocycles. The first-order valence-corrected chi connectivity index (χ1v) is 9.31. The fraction of sp³-hybridized carbons (Fsp3) is 0.333. The molecule has 0 aliphatic carbocycles. The van der Waals surface area contributed by atoms with Crippen molar-refractivity contribution in [1.29, 1.82) is 0 Å². The van der Waals surface area contributed by atoms with Crippen molar-refractivity contribution in [3.05, 3.63) is 35.9 Å². The van der Waals surface area contributed by atoms with Crippen LogP contribution in [0.5, 0.6) is 0 Å². The highest BCUT2D eigenvalue weighted by Gasteiger charge is 2.38. The number of aliphatic imine (C=N–C) groups is 1. The Morgan fingerprint density at radius 1 is 1.22 bits per heavy atom. The number of urea groups is 1. The minimum atomic E-state index is -1.50. The molecule has 32 heavy (non-hydrogen) atoms. The molecule has 0 saturated carbocycles. The van der Waals surface area contributed by atoms with E-state index >= 15 is 0 Å². The number of alkyl carbamates (subject to hydrolysis) is 1. The summed E-state index contributed by atoms with van der Waals surface area (Å²) in [5, 5.41) is 15.9. The van der Waals surface area contributed by atoms with Crippen molar-refractivity contribution in [3.63, 3.8) is 0 Å². The molecule has 1 aromatic rings. The molecule has 1 aliphatic heterocycles. The predicted molar refractivity (Wildman–Crippen MR) is 109 cm³/mol. The lowest BCUT2D eigenvalue weighted by Crippen LogP contribution is -2.50. The van der Waals surface area contributed by atoms with E-state index in [0.717, 1.165) is 0 Å². The standard InChI is InChI=1S/C18H23N7O7/c19-16(20)22-6-11-14(27)25(17(30)23-11)8-13(26)21-7-12(15(28)29)24-18(31)32-9-10-4-2-1-3-5-10/h1-5,11-12H,6-9H2,(H,21,26)(H,23,30)(H,24,31)(H,28,29)(H4,19,20,22)/t11-,12?/m0/s1. The van der Waals surface area contributed by atoms with Gasteiger partial charge in [0.15, 0.2) is 5.96 Å². The van der Waals surface area contributed by atoms with Crippen LogP contribution < -0.4 is 27.4 Å². The predicted octanol–water partition coefficient (Wildman–Crippen LogP) is -2.32. The lowest BCUT2D eigenvalue weighted by molar-refractivity contribution is -0.139. The van der Waals surface area contributed by atoms with Gasteiger partial charge in [0.25, 0.3) is 5.91 Å². The molecule has 5 amide bonds. The van der Waals surface area contributed by atoms with Gasteiger partial charge in [-0.2, -0.15) is 0 Å². The monoisotopic (exact) mass is 449 g/mol. The Hall–Kier alpha value is -4.36. The van der Waals surface area contributed by atoms with E-state index in [4.69, 9.17) is 16.2 Å². The third-order valence-electron chi connectivity index (χ3n) is 4.17. The maximum absolute atomic E-state index is 12.2. The summed E-state index contributed by atoms with van der Waals surface area (Å²) in [5.41, 5.74) is 11.1. The first kappa shape index (κ1) is 23.9. The van der Waals surface area contributed by atoms with E-state index < -0.39 is 55.1 Å². The van der Waals surface area contributed by atoms with Crippen LogP contribution in [0.2, 0.25) is 0 Å². The number of nitrogens with zero attached hydrogens (tertiary/aromatic N) is 2. The number of carbonyl (C=O) groups is 5. The Morgan fingerprint density at radius 3 is 2.53 bits per heavy atom. The molecule has 1 heterocycles. The average molecular weight is 449 g/mol. The Morgan fingerprint density at radius 2 is 1.91 bits per heavy atom. The molecule has 2 rings (SSSR count). The number of guanidine groups is 1. The maximum atomic E-state index is 12.2. The number of nitrogens with one attached hydrogen (secondary N) is 3. The van der Waals surface area contributed by atoms with E-state index in [1.807, 2.05) is 0 Å². The summed E-state index contributed by atoms with van der Waals surface area (Å²) in [7, 11) is 0. The minimum Gasteiger partial charge on any atom is -0.480 e. The van der Waals surface area contributed by atoms with Crippen molar-refractivity contribution in [1.82, 2.24) is 20.9 Å². The number of carboxylic acids is 1. The van der Waals surface area contributed by atoms with Crippen LogP contribution in [0.1, 0.15) is 5.56 Å². The molecule has 1 saturated heterocycles. The number of carbonyl (C=O) groups excluding carboxylic acids is 4. The molecule has 2 atom stereocenters. The van der Waals surface area contributed by atoms with Gasteiger partial charge in [0.2, 0.25) is 5.91 Å². The molecule has 8 N–H and O–H groups in total. The molecular weight excluding hydrogens is 426 g/mol. The molecule has 0 spiro atoms. The zero-order chi connectivity index (χ0) is 23.7. The van der Waals surface area contributed by atoms with Crippen LogP contribution in [-0.2, 0) is 25.7 Å². The summed E-state index contributed by atoms with van der Waals surface area (Å²) in [6.07, 6.45) is -0.993. The highest BCUT2D eigenvalue weighted by Crippen LogP contribution is 2.06. The van der Waals surface area contributed by atoms with Gasteiger partial charge in [-0.05, 0) is 5.56 Å². The largest absolute Gasteiger partial charge is 0.480 e. The highest BCUT2D eigenvalue weighted by molar-refractivity contribution is 6.06. The number of hydrogen-bond acceptors (Lipinski definition) is 7. The van der Waals surface area contributed by atoms with E-state index in [-0.39, 0.29) is 19.1 Å². The van der Waals surface area contributed by atoms with Crippen LogP contribution in [-0.4, -0.2) is 77.6 Å². The van der Waals surface area contributed by atoms with Gasteiger partial charge in [-0.1, -0.05) is 30.3 Å². The lowest BCUT2D eigenvalue weighted by atomic mass is 10.2. The molecule has 14 heteroatoms. The SMILES string of the molecule is NC(N)=NC[C@@H]1NC(=O)N(CC(=O)NCC(NC(=O)OCc2ccccc2)C(=O)O)C1=O. The van der Waals surface area contributed by atoms with Gasteiger partial charge < -0.3 is 37.3 Å². The molecule has 1 fully saturated rings. The fourth-order valence-electron chi connectivity index (χ4n) is 2.57. The van der Waals surface area contributed by atoms with Crippen LogP contribution in [0, 0.1) is 0 Å². The van der Waals surface area contributed by atoms with Gasteiger partial charge in [-0.25, -0.2) is 14.4 Å². The van der Waals surface area contributed by atoms with E-state index in [0.29, 0.717) is 10.5 Å². The number of aliphatic carboxylic acids is 1. The first-order valence-electron chi connectivity index (χ1n) is 9.31. The van der Waals surface area contributed by atoms with Crippen molar-refractivity contribution >= 4 is 35.9 Å². The van der Waals surface area contributed by atoms with Crippen molar-refractivity contribution in [2.45, 2.75) is 18.7 Å². The van der Waals surface area contributed by atoms with Gasteiger partial charge in [0, 0.05) is 6.54 Å². The Balaban J connectivity index is 1.81. The number of hydrogen-bond donors (Lipinski definition) is 6. The normalized spacial score (nSPS) is 16.0. The second kappa shape index (κ2) is 11.1. The maximum Gasteiger partial charge on any atom is 0.408 e. The molecular formula is C18H23N7O7. The number of benzene rings is 1. The number of imide groups is 1. The van der Waals surface area contributed by atoms with Gasteiger partial charge in [-0.15, -0.1) is 0 Å². The zero-order valence-corrected chi connectivity index (χ0v) is 16.8. The van der Waals surface area contributed by atoms with Crippen molar-refractivity contribution in [3.8, 4) is 0 Å². The fourth-order valence-corrected chi connectivity index (χ4v) is 2.57. The Bertz CT molecular complexity index is 902. The molecule has 0 radical (unpaired) electrons. The van der Waals surface area contributed by atoms with Gasteiger partial charge in [0.05, 0.1) is 6.54 Å². The van der Waals surface area contributed by atoms with Crippen LogP contribution in [0.15, 0.2) is 35.3 Å². The first-order chi connectivity index (χ1) is 15.2. The van der Waals surface area contributed by atoms with Crippen molar-refractivity contribution < 1.29 is 33.8 Å². The number of carboxylic acid groups (broad SMARTS) is 1. The number of nitrogens with two attached hydrogens (primary N) is 2. The summed E-state index contributed by atoms with van der Waals surface area (Å²) in [6.45, 7) is -1.43. The summed E-state index contributed by atoms with van der Waals surface area (Å²) >= 11 is 0.